The van der Waals surface area contributed by atoms with Crippen LogP contribution in [0.2, 0.25) is 0 Å². The van der Waals surface area contributed by atoms with Crippen molar-refractivity contribution < 1.29 is 9.59 Å². The molecule has 0 spiro atoms. The number of amides is 2. The van der Waals surface area contributed by atoms with E-state index in [1.54, 1.807) is 6.20 Å². The molecule has 1 aromatic heterocycles. The highest BCUT2D eigenvalue weighted by molar-refractivity contribution is 5.89. The van der Waals surface area contributed by atoms with Gasteiger partial charge in [0.15, 0.2) is 0 Å². The van der Waals surface area contributed by atoms with Crippen molar-refractivity contribution in [3.05, 3.63) is 18.0 Å². The van der Waals surface area contributed by atoms with Gasteiger partial charge in [-0.05, 0) is 31.7 Å². The van der Waals surface area contributed by atoms with E-state index in [2.05, 4.69) is 10.4 Å². The zero-order valence-corrected chi connectivity index (χ0v) is 14.5. The van der Waals surface area contributed by atoms with Crippen LogP contribution >= 0.6 is 0 Å². The summed E-state index contributed by atoms with van der Waals surface area (Å²) >= 11 is 0. The summed E-state index contributed by atoms with van der Waals surface area (Å²) in [5.41, 5.74) is 1.09. The highest BCUT2D eigenvalue weighted by Crippen LogP contribution is 2.28. The molecule has 3 rings (SSSR count). The molecule has 1 aliphatic carbocycles. The molecule has 1 saturated carbocycles. The zero-order chi connectivity index (χ0) is 16.9. The molecule has 24 heavy (non-hydrogen) atoms. The Morgan fingerprint density at radius 1 is 1.21 bits per heavy atom. The SMILES string of the molecule is Cn1nccc1CCNC(=O)[C@@H]1CCCN1C(=O)C1CCCCC1. The maximum absolute atomic E-state index is 12.8. The Morgan fingerprint density at radius 2 is 2.00 bits per heavy atom. The Hall–Kier alpha value is -1.85. The van der Waals surface area contributed by atoms with Gasteiger partial charge in [0.1, 0.15) is 6.04 Å². The van der Waals surface area contributed by atoms with Gasteiger partial charge in [-0.1, -0.05) is 19.3 Å². The number of rotatable bonds is 5. The van der Waals surface area contributed by atoms with Crippen LogP contribution in [0.15, 0.2) is 12.3 Å². The smallest absolute Gasteiger partial charge is 0.242 e. The minimum absolute atomic E-state index is 0.00109. The highest BCUT2D eigenvalue weighted by atomic mass is 16.2. The third-order valence-corrected chi connectivity index (χ3v) is 5.40. The van der Waals surface area contributed by atoms with Gasteiger partial charge in [-0.3, -0.25) is 14.3 Å². The quantitative estimate of drug-likeness (QED) is 0.891. The van der Waals surface area contributed by atoms with Crippen LogP contribution in [0.5, 0.6) is 0 Å². The normalized spacial score (nSPS) is 21.9. The van der Waals surface area contributed by atoms with E-state index in [4.69, 9.17) is 0 Å². The fraction of sp³-hybridized carbons (Fsp3) is 0.722. The van der Waals surface area contributed by atoms with Gasteiger partial charge in [0.25, 0.3) is 0 Å². The van der Waals surface area contributed by atoms with Crippen molar-refractivity contribution in [3.63, 3.8) is 0 Å². The van der Waals surface area contributed by atoms with Gasteiger partial charge in [-0.2, -0.15) is 5.10 Å². The van der Waals surface area contributed by atoms with E-state index in [0.29, 0.717) is 6.54 Å². The standard InChI is InChI=1S/C18H28N4O2/c1-21-15(10-12-20-21)9-11-19-17(23)16-8-5-13-22(16)18(24)14-6-3-2-4-7-14/h10,12,14,16H,2-9,11,13H2,1H3,(H,19,23)/t16-/m0/s1. The predicted octanol–water partition coefficient (Wildman–Crippen LogP) is 1.65. The molecule has 0 unspecified atom stereocenters. The van der Waals surface area contributed by atoms with Crippen LogP contribution in [0.1, 0.15) is 50.6 Å². The summed E-state index contributed by atoms with van der Waals surface area (Å²) in [7, 11) is 1.90. The average molecular weight is 332 g/mol. The van der Waals surface area contributed by atoms with Crippen molar-refractivity contribution in [1.29, 1.82) is 0 Å². The van der Waals surface area contributed by atoms with Crippen molar-refractivity contribution in [1.82, 2.24) is 20.0 Å². The summed E-state index contributed by atoms with van der Waals surface area (Å²) in [6.45, 7) is 1.31. The number of nitrogens with one attached hydrogen (secondary N) is 1. The molecule has 1 aliphatic heterocycles. The maximum atomic E-state index is 12.8. The summed E-state index contributed by atoms with van der Waals surface area (Å²) in [6.07, 6.45) is 9.74. The van der Waals surface area contributed by atoms with Gasteiger partial charge in [0, 0.05) is 44.4 Å². The number of carbonyl (C=O) groups is 2. The van der Waals surface area contributed by atoms with Gasteiger partial charge in [-0.15, -0.1) is 0 Å². The molecule has 1 aromatic rings. The van der Waals surface area contributed by atoms with E-state index < -0.39 is 0 Å². The molecule has 6 nitrogen and oxygen atoms in total. The lowest BCUT2D eigenvalue weighted by Gasteiger charge is -2.30. The third-order valence-electron chi connectivity index (χ3n) is 5.40. The Labute approximate surface area is 143 Å². The van der Waals surface area contributed by atoms with Crippen LogP contribution in [0.4, 0.5) is 0 Å². The molecule has 0 bridgehead atoms. The number of hydrogen-bond donors (Lipinski definition) is 1. The number of nitrogens with zero attached hydrogens (tertiary/aromatic N) is 3. The lowest BCUT2D eigenvalue weighted by Crippen LogP contribution is -2.48. The number of aromatic nitrogens is 2. The van der Waals surface area contributed by atoms with E-state index in [1.807, 2.05) is 22.7 Å². The second-order valence-electron chi connectivity index (χ2n) is 7.01. The Morgan fingerprint density at radius 3 is 2.71 bits per heavy atom. The Bertz CT molecular complexity index is 577. The topological polar surface area (TPSA) is 67.2 Å². The van der Waals surface area contributed by atoms with Crippen LogP contribution in [-0.4, -0.2) is 45.6 Å². The van der Waals surface area contributed by atoms with Gasteiger partial charge in [0.05, 0.1) is 0 Å². The fourth-order valence-corrected chi connectivity index (χ4v) is 3.97. The van der Waals surface area contributed by atoms with Gasteiger partial charge >= 0.3 is 0 Å². The second-order valence-corrected chi connectivity index (χ2v) is 7.01. The van der Waals surface area contributed by atoms with Crippen LogP contribution in [0.3, 0.4) is 0 Å². The molecule has 1 N–H and O–H groups in total. The fourth-order valence-electron chi connectivity index (χ4n) is 3.97. The lowest BCUT2D eigenvalue weighted by atomic mass is 9.88. The number of likely N-dealkylation sites (tertiary alicyclic amines) is 1. The molecule has 2 fully saturated rings. The van der Waals surface area contributed by atoms with Gasteiger partial charge < -0.3 is 10.2 Å². The number of aryl methyl sites for hydroxylation is 1. The van der Waals surface area contributed by atoms with Gasteiger partial charge in [-0.25, -0.2) is 0 Å². The lowest BCUT2D eigenvalue weighted by molar-refractivity contribution is -0.142. The first-order valence-electron chi connectivity index (χ1n) is 9.22. The molecule has 2 amide bonds. The summed E-state index contributed by atoms with van der Waals surface area (Å²) in [4.78, 5) is 27.1. The Balaban J connectivity index is 1.51. The second kappa shape index (κ2) is 7.81. The first-order chi connectivity index (χ1) is 11.7. The summed E-state index contributed by atoms with van der Waals surface area (Å²) < 4.78 is 1.82. The van der Waals surface area contributed by atoms with Crippen molar-refractivity contribution in [2.75, 3.05) is 13.1 Å². The Kier molecular flexibility index (Phi) is 5.53. The monoisotopic (exact) mass is 332 g/mol. The van der Waals surface area contributed by atoms with Crippen molar-refractivity contribution in [3.8, 4) is 0 Å². The van der Waals surface area contributed by atoms with Crippen LogP contribution < -0.4 is 5.32 Å². The largest absolute Gasteiger partial charge is 0.354 e. The molecule has 2 heterocycles. The minimum atomic E-state index is -0.272. The van der Waals surface area contributed by atoms with Crippen LogP contribution in [0, 0.1) is 5.92 Å². The molecular weight excluding hydrogens is 304 g/mol. The predicted molar refractivity (Wildman–Crippen MR) is 91.2 cm³/mol. The average Bonchev–Trinajstić information content (AvgIpc) is 3.24. The molecule has 1 saturated heterocycles. The van der Waals surface area contributed by atoms with Crippen molar-refractivity contribution >= 4 is 11.8 Å². The van der Waals surface area contributed by atoms with E-state index in [-0.39, 0.29) is 23.8 Å². The molecule has 6 heteroatoms. The first kappa shape index (κ1) is 17.0. The summed E-state index contributed by atoms with van der Waals surface area (Å²) in [5.74, 6) is 0.347. The maximum Gasteiger partial charge on any atom is 0.242 e. The van der Waals surface area contributed by atoms with E-state index in [0.717, 1.165) is 57.2 Å². The number of hydrogen-bond acceptors (Lipinski definition) is 3. The highest BCUT2D eigenvalue weighted by Gasteiger charge is 2.37. The van der Waals surface area contributed by atoms with Crippen LogP contribution in [0.25, 0.3) is 0 Å². The van der Waals surface area contributed by atoms with Crippen molar-refractivity contribution in [2.45, 2.75) is 57.4 Å². The van der Waals surface area contributed by atoms with E-state index in [1.165, 1.54) is 6.42 Å². The van der Waals surface area contributed by atoms with Crippen LogP contribution in [-0.2, 0) is 23.1 Å². The van der Waals surface area contributed by atoms with E-state index >= 15 is 0 Å². The zero-order valence-electron chi connectivity index (χ0n) is 14.5. The molecular formula is C18H28N4O2. The summed E-state index contributed by atoms with van der Waals surface area (Å²) in [6, 6.07) is 1.69. The van der Waals surface area contributed by atoms with Gasteiger partial charge in [0.2, 0.25) is 11.8 Å². The van der Waals surface area contributed by atoms with Crippen molar-refractivity contribution in [2.24, 2.45) is 13.0 Å². The van der Waals surface area contributed by atoms with E-state index in [9.17, 15) is 9.59 Å². The number of carbonyl (C=O) groups excluding carboxylic acids is 2. The minimum Gasteiger partial charge on any atom is -0.354 e. The molecule has 0 radical (unpaired) electrons. The summed E-state index contributed by atoms with van der Waals surface area (Å²) in [5, 5.41) is 7.13. The molecule has 132 valence electrons. The molecule has 0 aromatic carbocycles. The first-order valence-corrected chi connectivity index (χ1v) is 9.22. The molecule has 1 atom stereocenters. The third kappa shape index (κ3) is 3.79. The molecule has 2 aliphatic rings.